The van der Waals surface area contributed by atoms with Gasteiger partial charge in [0.15, 0.2) is 0 Å². The Balaban J connectivity index is 2.68. The molecule has 7 heteroatoms. The van der Waals surface area contributed by atoms with E-state index in [4.69, 9.17) is 5.73 Å². The molecule has 0 unspecified atom stereocenters. The van der Waals surface area contributed by atoms with E-state index >= 15 is 0 Å². The smallest absolute Gasteiger partial charge is 0.426 e. The van der Waals surface area contributed by atoms with Crippen molar-refractivity contribution in [2.24, 2.45) is 11.7 Å². The van der Waals surface area contributed by atoms with Crippen LogP contribution in [-0.2, 0) is 9.53 Å². The topological polar surface area (TPSA) is 72.6 Å². The highest BCUT2D eigenvalue weighted by Gasteiger charge is 2.49. The van der Waals surface area contributed by atoms with E-state index in [-0.39, 0.29) is 12.5 Å². The van der Waals surface area contributed by atoms with Crippen LogP contribution in [0.25, 0.3) is 0 Å². The third-order valence-corrected chi connectivity index (χ3v) is 2.80. The van der Waals surface area contributed by atoms with E-state index in [2.05, 4.69) is 4.74 Å². The van der Waals surface area contributed by atoms with Crippen molar-refractivity contribution in [2.75, 3.05) is 0 Å². The van der Waals surface area contributed by atoms with Gasteiger partial charge in [-0.15, -0.1) is 0 Å². The Kier molecular flexibility index (Phi) is 3.49. The summed E-state index contributed by atoms with van der Waals surface area (Å²) in [6.07, 6.45) is -4.51. The first kappa shape index (κ1) is 13.2. The molecule has 0 aliphatic heterocycles. The summed E-state index contributed by atoms with van der Waals surface area (Å²) >= 11 is 0. The fraction of sp³-hybridized carbons (Fsp3) is 0.889. The predicted molar refractivity (Wildman–Crippen MR) is 48.1 cm³/mol. The largest absolute Gasteiger partial charge is 0.491 e. The summed E-state index contributed by atoms with van der Waals surface area (Å²) in [5, 5.41) is 9.79. The Labute approximate surface area is 90.6 Å². The van der Waals surface area contributed by atoms with Crippen molar-refractivity contribution in [3.05, 3.63) is 0 Å². The molecule has 0 heterocycles. The van der Waals surface area contributed by atoms with Crippen LogP contribution in [0.5, 0.6) is 0 Å². The maximum absolute atomic E-state index is 12.0. The SMILES string of the molecule is C[C@H]1C[C@@H](N)CC[C@]1(O)OC(=O)C(F)(F)F. The highest BCUT2D eigenvalue weighted by Crippen LogP contribution is 2.35. The first-order valence-corrected chi connectivity index (χ1v) is 4.93. The number of alkyl halides is 3. The van der Waals surface area contributed by atoms with Crippen LogP contribution in [0.2, 0.25) is 0 Å². The molecule has 0 aromatic rings. The van der Waals surface area contributed by atoms with Crippen LogP contribution < -0.4 is 5.73 Å². The molecule has 0 aromatic heterocycles. The van der Waals surface area contributed by atoms with Crippen molar-refractivity contribution in [3.63, 3.8) is 0 Å². The second kappa shape index (κ2) is 4.21. The van der Waals surface area contributed by atoms with Gasteiger partial charge in [-0.25, -0.2) is 4.79 Å². The standard InChI is InChI=1S/C9H14F3NO3/c1-5-4-6(13)2-3-8(5,15)16-7(14)9(10,11)12/h5-6,15H,2-4,13H2,1H3/t5-,6-,8-/m0/s1. The summed E-state index contributed by atoms with van der Waals surface area (Å²) in [7, 11) is 0. The second-order valence-corrected chi connectivity index (χ2v) is 4.17. The maximum atomic E-state index is 12.0. The number of esters is 1. The lowest BCUT2D eigenvalue weighted by molar-refractivity contribution is -0.269. The molecule has 16 heavy (non-hydrogen) atoms. The van der Waals surface area contributed by atoms with Crippen LogP contribution in [0.3, 0.4) is 0 Å². The molecule has 1 aliphatic rings. The molecule has 1 rings (SSSR count). The van der Waals surface area contributed by atoms with Crippen LogP contribution in [0.1, 0.15) is 26.2 Å². The molecule has 0 spiro atoms. The molecule has 3 atom stereocenters. The fourth-order valence-electron chi connectivity index (χ4n) is 1.76. The van der Waals surface area contributed by atoms with Gasteiger partial charge < -0.3 is 15.6 Å². The highest BCUT2D eigenvalue weighted by atomic mass is 19.4. The minimum Gasteiger partial charge on any atom is -0.426 e. The number of aliphatic hydroxyl groups is 1. The normalized spacial score (nSPS) is 35.9. The van der Waals surface area contributed by atoms with Gasteiger partial charge in [-0.3, -0.25) is 0 Å². The zero-order valence-corrected chi connectivity index (χ0v) is 8.75. The molecule has 0 saturated heterocycles. The molecule has 4 nitrogen and oxygen atoms in total. The number of nitrogens with two attached hydrogens (primary N) is 1. The van der Waals surface area contributed by atoms with Crippen LogP contribution >= 0.6 is 0 Å². The van der Waals surface area contributed by atoms with Gasteiger partial charge in [-0.2, -0.15) is 13.2 Å². The van der Waals surface area contributed by atoms with Crippen molar-refractivity contribution < 1.29 is 27.8 Å². The fourth-order valence-corrected chi connectivity index (χ4v) is 1.76. The molecule has 0 bridgehead atoms. The molecule has 0 amide bonds. The second-order valence-electron chi connectivity index (χ2n) is 4.17. The molecule has 0 aromatic carbocycles. The Bertz CT molecular complexity index is 282. The summed E-state index contributed by atoms with van der Waals surface area (Å²) in [6, 6.07) is -0.181. The number of carbonyl (C=O) groups excluding carboxylic acids is 1. The van der Waals surface area contributed by atoms with Gasteiger partial charge in [-0.1, -0.05) is 6.92 Å². The Hall–Kier alpha value is -0.820. The number of carbonyl (C=O) groups is 1. The van der Waals surface area contributed by atoms with Gasteiger partial charge >= 0.3 is 12.1 Å². The number of hydrogen-bond donors (Lipinski definition) is 2. The average Bonchev–Trinajstić information content (AvgIpc) is 2.11. The Morgan fingerprint density at radius 3 is 2.56 bits per heavy atom. The van der Waals surface area contributed by atoms with Gasteiger partial charge in [0, 0.05) is 18.4 Å². The van der Waals surface area contributed by atoms with Crippen LogP contribution in [0, 0.1) is 5.92 Å². The van der Waals surface area contributed by atoms with Gasteiger partial charge in [0.05, 0.1) is 0 Å². The predicted octanol–water partition coefficient (Wildman–Crippen LogP) is 0.928. The summed E-state index contributed by atoms with van der Waals surface area (Å²) in [5.74, 6) is -5.03. The number of rotatable bonds is 1. The minimum atomic E-state index is -5.09. The molecule has 1 fully saturated rings. The monoisotopic (exact) mass is 241 g/mol. The first-order chi connectivity index (χ1) is 7.15. The quantitative estimate of drug-likeness (QED) is 0.529. The van der Waals surface area contributed by atoms with Crippen molar-refractivity contribution in [3.8, 4) is 0 Å². The summed E-state index contributed by atoms with van der Waals surface area (Å²) in [5.41, 5.74) is 5.59. The lowest BCUT2D eigenvalue weighted by atomic mass is 9.82. The van der Waals surface area contributed by atoms with Crippen molar-refractivity contribution in [2.45, 2.75) is 44.2 Å². The van der Waals surface area contributed by atoms with Gasteiger partial charge in [0.1, 0.15) is 0 Å². The van der Waals surface area contributed by atoms with E-state index in [9.17, 15) is 23.1 Å². The molecular formula is C9H14F3NO3. The number of halogens is 3. The molecule has 1 saturated carbocycles. The van der Waals surface area contributed by atoms with E-state index in [1.807, 2.05) is 0 Å². The lowest BCUT2D eigenvalue weighted by Gasteiger charge is -2.39. The minimum absolute atomic E-state index is 0.0723. The van der Waals surface area contributed by atoms with Crippen molar-refractivity contribution in [1.29, 1.82) is 0 Å². The molecule has 1 aliphatic carbocycles. The first-order valence-electron chi connectivity index (χ1n) is 4.93. The molecular weight excluding hydrogens is 227 g/mol. The third kappa shape index (κ3) is 2.85. The van der Waals surface area contributed by atoms with E-state index in [1.54, 1.807) is 0 Å². The zero-order valence-electron chi connectivity index (χ0n) is 8.75. The summed E-state index contributed by atoms with van der Waals surface area (Å²) in [6.45, 7) is 1.50. The number of ether oxygens (including phenoxy) is 1. The summed E-state index contributed by atoms with van der Waals surface area (Å²) in [4.78, 5) is 10.6. The van der Waals surface area contributed by atoms with Crippen molar-refractivity contribution in [1.82, 2.24) is 0 Å². The lowest BCUT2D eigenvalue weighted by Crippen LogP contribution is -2.50. The van der Waals surface area contributed by atoms with Crippen molar-refractivity contribution >= 4 is 5.97 Å². The van der Waals surface area contributed by atoms with Gasteiger partial charge in [0.25, 0.3) is 0 Å². The van der Waals surface area contributed by atoms with Crippen LogP contribution in [0.15, 0.2) is 0 Å². The Morgan fingerprint density at radius 1 is 1.56 bits per heavy atom. The molecule has 3 N–H and O–H groups in total. The zero-order chi connectivity index (χ0) is 12.6. The van der Waals surface area contributed by atoms with E-state index in [1.165, 1.54) is 6.92 Å². The van der Waals surface area contributed by atoms with Crippen LogP contribution in [0.4, 0.5) is 13.2 Å². The van der Waals surface area contributed by atoms with E-state index < -0.39 is 23.9 Å². The van der Waals surface area contributed by atoms with E-state index in [0.717, 1.165) is 0 Å². The molecule has 94 valence electrons. The Morgan fingerprint density at radius 2 is 2.12 bits per heavy atom. The number of hydrogen-bond acceptors (Lipinski definition) is 4. The van der Waals surface area contributed by atoms with E-state index in [0.29, 0.717) is 12.8 Å². The average molecular weight is 241 g/mol. The van der Waals surface area contributed by atoms with Crippen LogP contribution in [-0.4, -0.2) is 29.1 Å². The molecule has 0 radical (unpaired) electrons. The maximum Gasteiger partial charge on any atom is 0.491 e. The third-order valence-electron chi connectivity index (χ3n) is 2.80. The summed E-state index contributed by atoms with van der Waals surface area (Å²) < 4.78 is 40.0. The van der Waals surface area contributed by atoms with Gasteiger partial charge in [-0.05, 0) is 12.8 Å². The highest BCUT2D eigenvalue weighted by molar-refractivity contribution is 5.76. The van der Waals surface area contributed by atoms with Gasteiger partial charge in [0.2, 0.25) is 5.79 Å².